The predicted octanol–water partition coefficient (Wildman–Crippen LogP) is 4.06. The SMILES string of the molecule is CC(C)Sc1ccc(CC(=O)Nc2cc(C(C)(C)C)nn2C2NC(=O)C(C)C(C)N2)cc1. The number of nitrogens with zero attached hydrogens (tertiary/aromatic N) is 2. The van der Waals surface area contributed by atoms with E-state index in [1.165, 1.54) is 4.90 Å². The summed E-state index contributed by atoms with van der Waals surface area (Å²) >= 11 is 1.80. The molecule has 7 nitrogen and oxygen atoms in total. The lowest BCUT2D eigenvalue weighted by molar-refractivity contribution is -0.130. The molecule has 1 aromatic heterocycles. The highest BCUT2D eigenvalue weighted by molar-refractivity contribution is 7.99. The lowest BCUT2D eigenvalue weighted by Gasteiger charge is -2.34. The number of aromatic nitrogens is 2. The normalized spacial score (nSPS) is 21.5. The molecule has 1 saturated heterocycles. The molecule has 1 aliphatic rings. The monoisotopic (exact) mass is 457 g/mol. The summed E-state index contributed by atoms with van der Waals surface area (Å²) in [6, 6.07) is 9.97. The molecule has 174 valence electrons. The molecule has 32 heavy (non-hydrogen) atoms. The van der Waals surface area contributed by atoms with Gasteiger partial charge in [-0.2, -0.15) is 5.10 Å². The van der Waals surface area contributed by atoms with Crippen LogP contribution in [0.25, 0.3) is 0 Å². The van der Waals surface area contributed by atoms with Gasteiger partial charge < -0.3 is 10.6 Å². The minimum atomic E-state index is -0.521. The van der Waals surface area contributed by atoms with Gasteiger partial charge in [-0.3, -0.25) is 14.9 Å². The minimum absolute atomic E-state index is 0.0122. The molecular formula is C24H35N5O2S. The van der Waals surface area contributed by atoms with E-state index < -0.39 is 6.29 Å². The Kier molecular flexibility index (Phi) is 7.35. The van der Waals surface area contributed by atoms with Crippen molar-refractivity contribution < 1.29 is 9.59 Å². The van der Waals surface area contributed by atoms with Gasteiger partial charge >= 0.3 is 0 Å². The molecule has 8 heteroatoms. The highest BCUT2D eigenvalue weighted by Crippen LogP contribution is 2.27. The van der Waals surface area contributed by atoms with Crippen LogP contribution in [-0.4, -0.2) is 32.9 Å². The van der Waals surface area contributed by atoms with Crippen LogP contribution in [0.15, 0.2) is 35.2 Å². The molecule has 2 amide bonds. The van der Waals surface area contributed by atoms with Gasteiger partial charge in [-0.25, -0.2) is 4.68 Å². The standard InChI is InChI=1S/C24H35N5O2S/c1-14(2)32-18-10-8-17(9-11-18)12-21(30)26-20-13-19(24(5,6)7)28-29(20)23-25-16(4)15(3)22(31)27-23/h8-11,13-16,23,25H,12H2,1-7H3,(H,26,30)(H,27,31). The van der Waals surface area contributed by atoms with Crippen LogP contribution in [0.5, 0.6) is 0 Å². The van der Waals surface area contributed by atoms with Crippen LogP contribution < -0.4 is 16.0 Å². The van der Waals surface area contributed by atoms with Gasteiger partial charge in [0.15, 0.2) is 6.29 Å². The summed E-state index contributed by atoms with van der Waals surface area (Å²) in [7, 11) is 0. The highest BCUT2D eigenvalue weighted by Gasteiger charge is 2.33. The molecule has 1 aliphatic heterocycles. The minimum Gasteiger partial charge on any atom is -0.322 e. The number of thioether (sulfide) groups is 1. The molecule has 3 N–H and O–H groups in total. The summed E-state index contributed by atoms with van der Waals surface area (Å²) in [5.74, 6) is 0.260. The van der Waals surface area contributed by atoms with Gasteiger partial charge in [0.25, 0.3) is 0 Å². The van der Waals surface area contributed by atoms with Gasteiger partial charge in [0, 0.05) is 27.7 Å². The summed E-state index contributed by atoms with van der Waals surface area (Å²) in [6.45, 7) is 14.4. The average Bonchev–Trinajstić information content (AvgIpc) is 3.11. The Hall–Kier alpha value is -2.32. The number of carbonyl (C=O) groups excluding carboxylic acids is 2. The second-order valence-corrected chi connectivity index (χ2v) is 11.4. The third-order valence-electron chi connectivity index (χ3n) is 5.54. The molecule has 2 heterocycles. The zero-order chi connectivity index (χ0) is 23.6. The van der Waals surface area contributed by atoms with Crippen molar-refractivity contribution >= 4 is 29.4 Å². The topological polar surface area (TPSA) is 88.1 Å². The maximum Gasteiger partial charge on any atom is 0.229 e. The first-order valence-corrected chi connectivity index (χ1v) is 12.0. The fourth-order valence-corrected chi connectivity index (χ4v) is 4.28. The van der Waals surface area contributed by atoms with Crippen molar-refractivity contribution in [1.82, 2.24) is 20.4 Å². The maximum absolute atomic E-state index is 12.9. The van der Waals surface area contributed by atoms with Crippen molar-refractivity contribution in [2.24, 2.45) is 5.92 Å². The second kappa shape index (κ2) is 9.67. The third kappa shape index (κ3) is 5.92. The van der Waals surface area contributed by atoms with E-state index in [0.29, 0.717) is 11.1 Å². The Morgan fingerprint density at radius 2 is 1.88 bits per heavy atom. The van der Waals surface area contributed by atoms with Crippen LogP contribution in [0, 0.1) is 5.92 Å². The molecule has 1 aromatic carbocycles. The fourth-order valence-electron chi connectivity index (χ4n) is 3.44. The van der Waals surface area contributed by atoms with Crippen LogP contribution in [0.1, 0.15) is 66.0 Å². The number of nitrogens with one attached hydrogen (secondary N) is 3. The van der Waals surface area contributed by atoms with E-state index in [9.17, 15) is 9.59 Å². The molecule has 3 unspecified atom stereocenters. The maximum atomic E-state index is 12.9. The summed E-state index contributed by atoms with van der Waals surface area (Å²) in [6.07, 6.45) is -0.256. The van der Waals surface area contributed by atoms with E-state index in [1.807, 2.05) is 32.0 Å². The second-order valence-electron chi connectivity index (χ2n) is 9.80. The zero-order valence-corrected chi connectivity index (χ0v) is 20.8. The number of hydrogen-bond donors (Lipinski definition) is 3. The van der Waals surface area contributed by atoms with Gasteiger partial charge in [0.05, 0.1) is 18.0 Å². The molecule has 0 radical (unpaired) electrons. The Balaban J connectivity index is 1.78. The van der Waals surface area contributed by atoms with Crippen LogP contribution in [0.2, 0.25) is 0 Å². The van der Waals surface area contributed by atoms with E-state index in [0.717, 1.165) is 11.3 Å². The van der Waals surface area contributed by atoms with Crippen molar-refractivity contribution in [2.75, 3.05) is 5.32 Å². The van der Waals surface area contributed by atoms with Crippen molar-refractivity contribution in [3.05, 3.63) is 41.6 Å². The van der Waals surface area contributed by atoms with Crippen LogP contribution >= 0.6 is 11.8 Å². The molecule has 0 spiro atoms. The van der Waals surface area contributed by atoms with E-state index >= 15 is 0 Å². The Labute approximate surface area is 195 Å². The quantitative estimate of drug-likeness (QED) is 0.569. The predicted molar refractivity (Wildman–Crippen MR) is 130 cm³/mol. The molecule has 0 saturated carbocycles. The van der Waals surface area contributed by atoms with Crippen molar-refractivity contribution in [2.45, 2.75) is 82.8 Å². The van der Waals surface area contributed by atoms with Crippen molar-refractivity contribution in [3.63, 3.8) is 0 Å². The number of benzene rings is 1. The fraction of sp³-hybridized carbons (Fsp3) is 0.542. The molecular weight excluding hydrogens is 422 g/mol. The molecule has 3 atom stereocenters. The smallest absolute Gasteiger partial charge is 0.229 e. The lowest BCUT2D eigenvalue weighted by Crippen LogP contribution is -2.57. The van der Waals surface area contributed by atoms with Gasteiger partial charge in [-0.05, 0) is 24.6 Å². The first kappa shape index (κ1) is 24.3. The molecule has 2 aromatic rings. The summed E-state index contributed by atoms with van der Waals surface area (Å²) in [5, 5.41) is 14.6. The number of anilines is 1. The Morgan fingerprint density at radius 1 is 1.22 bits per heavy atom. The average molecular weight is 458 g/mol. The molecule has 1 fully saturated rings. The Bertz CT molecular complexity index is 962. The zero-order valence-electron chi connectivity index (χ0n) is 20.0. The lowest BCUT2D eigenvalue weighted by atomic mass is 9.92. The summed E-state index contributed by atoms with van der Waals surface area (Å²) < 4.78 is 1.67. The van der Waals surface area contributed by atoms with Crippen molar-refractivity contribution in [1.29, 1.82) is 0 Å². The summed E-state index contributed by atoms with van der Waals surface area (Å²) in [5.41, 5.74) is 1.58. The third-order valence-corrected chi connectivity index (χ3v) is 6.56. The molecule has 3 rings (SSSR count). The molecule has 0 bridgehead atoms. The number of hydrogen-bond acceptors (Lipinski definition) is 5. The van der Waals surface area contributed by atoms with Crippen LogP contribution in [-0.2, 0) is 21.4 Å². The van der Waals surface area contributed by atoms with E-state index in [2.05, 4.69) is 62.7 Å². The number of amides is 2. The van der Waals surface area contributed by atoms with E-state index in [4.69, 9.17) is 5.10 Å². The number of rotatable bonds is 6. The van der Waals surface area contributed by atoms with Gasteiger partial charge in [-0.1, -0.05) is 53.7 Å². The van der Waals surface area contributed by atoms with Crippen LogP contribution in [0.3, 0.4) is 0 Å². The van der Waals surface area contributed by atoms with Crippen LogP contribution in [0.4, 0.5) is 5.82 Å². The highest BCUT2D eigenvalue weighted by atomic mass is 32.2. The first-order chi connectivity index (χ1) is 14.9. The van der Waals surface area contributed by atoms with Gasteiger partial charge in [0.1, 0.15) is 5.82 Å². The van der Waals surface area contributed by atoms with Crippen molar-refractivity contribution in [3.8, 4) is 0 Å². The Morgan fingerprint density at radius 3 is 2.44 bits per heavy atom. The number of carbonyl (C=O) groups is 2. The first-order valence-electron chi connectivity index (χ1n) is 11.2. The molecule has 0 aliphatic carbocycles. The largest absolute Gasteiger partial charge is 0.322 e. The van der Waals surface area contributed by atoms with E-state index in [-0.39, 0.29) is 35.6 Å². The van der Waals surface area contributed by atoms with E-state index in [1.54, 1.807) is 16.4 Å². The summed E-state index contributed by atoms with van der Waals surface area (Å²) in [4.78, 5) is 26.4. The van der Waals surface area contributed by atoms with Gasteiger partial charge in [-0.15, -0.1) is 11.8 Å². The van der Waals surface area contributed by atoms with Gasteiger partial charge in [0.2, 0.25) is 11.8 Å².